The van der Waals surface area contributed by atoms with Gasteiger partial charge >= 0.3 is 0 Å². The first kappa shape index (κ1) is 18.1. The van der Waals surface area contributed by atoms with Crippen molar-refractivity contribution in [3.05, 3.63) is 48.3 Å². The van der Waals surface area contributed by atoms with Gasteiger partial charge in [-0.15, -0.1) is 0 Å². The van der Waals surface area contributed by atoms with Crippen molar-refractivity contribution in [2.24, 2.45) is 13.0 Å². The van der Waals surface area contributed by atoms with Crippen LogP contribution in [0.1, 0.15) is 31.4 Å². The molecule has 0 radical (unpaired) electrons. The number of hydrogen-bond donors (Lipinski definition) is 1. The third-order valence-electron chi connectivity index (χ3n) is 4.90. The number of likely N-dealkylation sites (tertiary alicyclic amines) is 1. The maximum absolute atomic E-state index is 12.5. The van der Waals surface area contributed by atoms with E-state index in [1.54, 1.807) is 7.05 Å². The molecule has 3 rings (SSSR count). The molecule has 0 aliphatic carbocycles. The molecule has 7 heteroatoms. The van der Waals surface area contributed by atoms with Crippen molar-refractivity contribution >= 4 is 10.0 Å². The van der Waals surface area contributed by atoms with E-state index in [0.29, 0.717) is 6.54 Å². The molecule has 1 unspecified atom stereocenters. The predicted molar refractivity (Wildman–Crippen MR) is 97.6 cm³/mol. The summed E-state index contributed by atoms with van der Waals surface area (Å²) in [5.74, 6) is 0.736. The minimum Gasteiger partial charge on any atom is -0.295 e. The van der Waals surface area contributed by atoms with E-state index in [1.807, 2.05) is 18.2 Å². The number of sulfonamides is 1. The summed E-state index contributed by atoms with van der Waals surface area (Å²) in [7, 11) is -1.84. The summed E-state index contributed by atoms with van der Waals surface area (Å²) < 4.78 is 29.3. The molecular weight excluding hydrogens is 336 g/mol. The second-order valence-electron chi connectivity index (χ2n) is 6.85. The van der Waals surface area contributed by atoms with Crippen LogP contribution in [0.5, 0.6) is 0 Å². The monoisotopic (exact) mass is 362 g/mol. The number of hydrogen-bond acceptors (Lipinski definition) is 4. The number of aromatic nitrogens is 2. The predicted octanol–water partition coefficient (Wildman–Crippen LogP) is 2.17. The van der Waals surface area contributed by atoms with Gasteiger partial charge in [0.15, 0.2) is 0 Å². The maximum Gasteiger partial charge on any atom is 0.243 e. The van der Waals surface area contributed by atoms with E-state index in [2.05, 4.69) is 33.8 Å². The summed E-state index contributed by atoms with van der Waals surface area (Å²) >= 11 is 0. The first-order valence-electron chi connectivity index (χ1n) is 8.73. The molecule has 0 saturated carbocycles. The first-order chi connectivity index (χ1) is 12.0. The molecule has 1 saturated heterocycles. The average molecular weight is 362 g/mol. The third-order valence-corrected chi connectivity index (χ3v) is 6.28. The summed E-state index contributed by atoms with van der Waals surface area (Å²) in [4.78, 5) is 2.59. The Kier molecular flexibility index (Phi) is 5.56. The summed E-state index contributed by atoms with van der Waals surface area (Å²) in [6.07, 6.45) is 5.20. The maximum atomic E-state index is 12.5. The molecular formula is C18H26N4O2S. The average Bonchev–Trinajstić information content (AvgIpc) is 3.05. The molecule has 25 heavy (non-hydrogen) atoms. The highest BCUT2D eigenvalue weighted by molar-refractivity contribution is 7.89. The summed E-state index contributed by atoms with van der Waals surface area (Å²) in [5.41, 5.74) is 1.14. The van der Waals surface area contributed by atoms with Gasteiger partial charge in [0.2, 0.25) is 10.0 Å². The third kappa shape index (κ3) is 4.48. The van der Waals surface area contributed by atoms with Gasteiger partial charge in [-0.25, -0.2) is 13.1 Å². The Morgan fingerprint density at radius 2 is 1.92 bits per heavy atom. The van der Waals surface area contributed by atoms with E-state index in [9.17, 15) is 8.42 Å². The van der Waals surface area contributed by atoms with E-state index in [1.165, 1.54) is 17.1 Å². The second-order valence-corrected chi connectivity index (χ2v) is 8.61. The van der Waals surface area contributed by atoms with Gasteiger partial charge in [-0.1, -0.05) is 37.3 Å². The highest BCUT2D eigenvalue weighted by Gasteiger charge is 2.26. The van der Waals surface area contributed by atoms with Crippen LogP contribution < -0.4 is 4.72 Å². The number of rotatable bonds is 6. The lowest BCUT2D eigenvalue weighted by Crippen LogP contribution is -2.41. The van der Waals surface area contributed by atoms with Crippen LogP contribution in [-0.2, 0) is 17.1 Å². The molecule has 1 N–H and O–H groups in total. The van der Waals surface area contributed by atoms with Crippen LogP contribution >= 0.6 is 0 Å². The lowest BCUT2D eigenvalue weighted by atomic mass is 9.96. The molecule has 1 atom stereocenters. The van der Waals surface area contributed by atoms with Crippen molar-refractivity contribution in [3.63, 3.8) is 0 Å². The van der Waals surface area contributed by atoms with E-state index < -0.39 is 10.0 Å². The first-order valence-corrected chi connectivity index (χ1v) is 10.2. The summed E-state index contributed by atoms with van der Waals surface area (Å²) in [6, 6.07) is 10.2. The normalized spacial score (nSPS) is 18.3. The Bertz CT molecular complexity index is 780. The Hall–Kier alpha value is -1.70. The molecule has 1 aliphatic heterocycles. The van der Waals surface area contributed by atoms with Crippen molar-refractivity contribution in [3.8, 4) is 0 Å². The van der Waals surface area contributed by atoms with Crippen molar-refractivity contribution < 1.29 is 8.42 Å². The van der Waals surface area contributed by atoms with Gasteiger partial charge < -0.3 is 0 Å². The van der Waals surface area contributed by atoms with Gasteiger partial charge in [-0.3, -0.25) is 9.58 Å². The van der Waals surface area contributed by atoms with Crippen molar-refractivity contribution in [1.29, 1.82) is 0 Å². The van der Waals surface area contributed by atoms with Crippen molar-refractivity contribution in [2.45, 2.75) is 30.7 Å². The molecule has 2 heterocycles. The number of piperidine rings is 1. The smallest absolute Gasteiger partial charge is 0.243 e. The van der Waals surface area contributed by atoms with Crippen LogP contribution in [0, 0.1) is 5.92 Å². The molecule has 1 aromatic carbocycles. The second kappa shape index (κ2) is 7.68. The van der Waals surface area contributed by atoms with Gasteiger partial charge in [0.25, 0.3) is 0 Å². The Morgan fingerprint density at radius 3 is 2.52 bits per heavy atom. The number of benzene rings is 1. The Labute approximate surface area is 149 Å². The van der Waals surface area contributed by atoms with Gasteiger partial charge in [-0.2, -0.15) is 5.10 Å². The fraction of sp³-hybridized carbons (Fsp3) is 0.500. The highest BCUT2D eigenvalue weighted by Crippen LogP contribution is 2.26. The standard InChI is InChI=1S/C18H26N4O2S/c1-15-8-10-22(11-9-15)18(16-6-4-3-5-7-16)13-20-25(23,24)17-12-19-21(2)14-17/h3-7,12,14-15,18,20H,8-11,13H2,1-2H3. The molecule has 1 fully saturated rings. The fourth-order valence-electron chi connectivity index (χ4n) is 3.28. The van der Waals surface area contributed by atoms with Crippen LogP contribution in [-0.4, -0.2) is 42.7 Å². The van der Waals surface area contributed by atoms with Crippen LogP contribution in [0.25, 0.3) is 0 Å². The molecule has 2 aromatic rings. The minimum absolute atomic E-state index is 0.0418. The largest absolute Gasteiger partial charge is 0.295 e. The van der Waals surface area contributed by atoms with Crippen LogP contribution in [0.4, 0.5) is 0 Å². The van der Waals surface area contributed by atoms with Gasteiger partial charge in [0, 0.05) is 25.8 Å². The van der Waals surface area contributed by atoms with Crippen molar-refractivity contribution in [2.75, 3.05) is 19.6 Å². The molecule has 0 spiro atoms. The zero-order valence-electron chi connectivity index (χ0n) is 14.8. The SMILES string of the molecule is CC1CCN(C(CNS(=O)(=O)c2cnn(C)c2)c2ccccc2)CC1. The minimum atomic E-state index is -3.55. The van der Waals surface area contributed by atoms with Gasteiger partial charge in [0.1, 0.15) is 4.90 Å². The van der Waals surface area contributed by atoms with Gasteiger partial charge in [0.05, 0.1) is 6.20 Å². The lowest BCUT2D eigenvalue weighted by Gasteiger charge is -2.37. The molecule has 1 aliphatic rings. The quantitative estimate of drug-likeness (QED) is 0.855. The van der Waals surface area contributed by atoms with E-state index in [0.717, 1.165) is 37.4 Å². The number of aryl methyl sites for hydroxylation is 1. The van der Waals surface area contributed by atoms with Crippen LogP contribution in [0.2, 0.25) is 0 Å². The molecule has 6 nitrogen and oxygen atoms in total. The number of nitrogens with one attached hydrogen (secondary N) is 1. The molecule has 0 bridgehead atoms. The Balaban J connectivity index is 1.76. The molecule has 0 amide bonds. The highest BCUT2D eigenvalue weighted by atomic mass is 32.2. The molecule has 1 aromatic heterocycles. The Morgan fingerprint density at radius 1 is 1.24 bits per heavy atom. The van der Waals surface area contributed by atoms with Crippen molar-refractivity contribution in [1.82, 2.24) is 19.4 Å². The summed E-state index contributed by atoms with van der Waals surface area (Å²) in [6.45, 7) is 4.63. The molecule has 136 valence electrons. The topological polar surface area (TPSA) is 67.2 Å². The fourth-order valence-corrected chi connectivity index (χ4v) is 4.30. The zero-order chi connectivity index (χ0) is 17.9. The zero-order valence-corrected chi connectivity index (χ0v) is 15.6. The van der Waals surface area contributed by atoms with E-state index in [4.69, 9.17) is 0 Å². The van der Waals surface area contributed by atoms with E-state index in [-0.39, 0.29) is 10.9 Å². The van der Waals surface area contributed by atoms with E-state index >= 15 is 0 Å². The lowest BCUT2D eigenvalue weighted by molar-refractivity contribution is 0.139. The van der Waals surface area contributed by atoms with Gasteiger partial charge in [-0.05, 0) is 37.4 Å². The summed E-state index contributed by atoms with van der Waals surface area (Å²) in [5, 5.41) is 3.95. The van der Waals surface area contributed by atoms with Crippen LogP contribution in [0.3, 0.4) is 0 Å². The van der Waals surface area contributed by atoms with Crippen LogP contribution in [0.15, 0.2) is 47.6 Å². The number of nitrogens with zero attached hydrogens (tertiary/aromatic N) is 3.